The number of amides is 1. The molecule has 1 fully saturated rings. The highest BCUT2D eigenvalue weighted by molar-refractivity contribution is 8.00. The zero-order valence-corrected chi connectivity index (χ0v) is 16.3. The maximum atomic E-state index is 12.9. The van der Waals surface area contributed by atoms with Crippen molar-refractivity contribution in [3.63, 3.8) is 0 Å². The number of anilines is 1. The van der Waals surface area contributed by atoms with Gasteiger partial charge in [0.25, 0.3) is 0 Å². The SMILES string of the molecule is C[C@@H](Sc1nnc(CCC2CCCCC2)n1N)C(=O)Nc1ccc(F)cc1. The Morgan fingerprint density at radius 2 is 2.00 bits per heavy atom. The van der Waals surface area contributed by atoms with Crippen molar-refractivity contribution in [3.8, 4) is 0 Å². The van der Waals surface area contributed by atoms with Crippen LogP contribution in [0, 0.1) is 11.7 Å². The predicted molar refractivity (Wildman–Crippen MR) is 105 cm³/mol. The minimum atomic E-state index is -0.409. The summed E-state index contributed by atoms with van der Waals surface area (Å²) in [5.74, 6) is 7.11. The average molecular weight is 392 g/mol. The number of benzene rings is 1. The molecule has 1 saturated carbocycles. The largest absolute Gasteiger partial charge is 0.336 e. The average Bonchev–Trinajstić information content (AvgIpc) is 3.02. The first-order chi connectivity index (χ1) is 13.0. The van der Waals surface area contributed by atoms with Crippen molar-refractivity contribution in [2.24, 2.45) is 5.92 Å². The minimum Gasteiger partial charge on any atom is -0.336 e. The molecular formula is C19H26FN5OS. The van der Waals surface area contributed by atoms with Gasteiger partial charge in [0.05, 0.1) is 5.25 Å². The molecule has 2 aromatic rings. The van der Waals surface area contributed by atoms with Crippen LogP contribution in [0.1, 0.15) is 51.3 Å². The highest BCUT2D eigenvalue weighted by Gasteiger charge is 2.20. The maximum Gasteiger partial charge on any atom is 0.237 e. The second-order valence-electron chi connectivity index (χ2n) is 7.07. The van der Waals surface area contributed by atoms with Gasteiger partial charge in [-0.3, -0.25) is 4.79 Å². The first-order valence-corrected chi connectivity index (χ1v) is 10.3. The maximum absolute atomic E-state index is 12.9. The molecule has 0 bridgehead atoms. The topological polar surface area (TPSA) is 85.8 Å². The number of aryl methyl sites for hydroxylation is 1. The number of carbonyl (C=O) groups excluding carboxylic acids is 1. The van der Waals surface area contributed by atoms with E-state index in [1.807, 2.05) is 0 Å². The Morgan fingerprint density at radius 1 is 1.30 bits per heavy atom. The van der Waals surface area contributed by atoms with Crippen LogP contribution in [0.15, 0.2) is 29.4 Å². The molecule has 1 atom stereocenters. The molecule has 1 aliphatic rings. The molecule has 1 aromatic heterocycles. The van der Waals surface area contributed by atoms with Gasteiger partial charge in [0, 0.05) is 12.1 Å². The molecule has 0 saturated heterocycles. The molecule has 0 unspecified atom stereocenters. The van der Waals surface area contributed by atoms with Crippen molar-refractivity contribution in [3.05, 3.63) is 35.9 Å². The van der Waals surface area contributed by atoms with E-state index in [9.17, 15) is 9.18 Å². The number of hydrogen-bond acceptors (Lipinski definition) is 5. The number of carbonyl (C=O) groups is 1. The van der Waals surface area contributed by atoms with E-state index in [0.29, 0.717) is 10.8 Å². The summed E-state index contributed by atoms with van der Waals surface area (Å²) in [5.41, 5.74) is 0.552. The third-order valence-electron chi connectivity index (χ3n) is 5.00. The predicted octanol–water partition coefficient (Wildman–Crippen LogP) is 3.76. The second kappa shape index (κ2) is 9.21. The first-order valence-electron chi connectivity index (χ1n) is 9.45. The van der Waals surface area contributed by atoms with E-state index in [2.05, 4.69) is 15.5 Å². The number of rotatable bonds is 7. The summed E-state index contributed by atoms with van der Waals surface area (Å²) in [6.07, 6.45) is 8.47. The molecular weight excluding hydrogens is 365 g/mol. The lowest BCUT2D eigenvalue weighted by Gasteiger charge is -2.20. The lowest BCUT2D eigenvalue weighted by atomic mass is 9.86. The molecule has 3 N–H and O–H groups in total. The molecule has 3 rings (SSSR count). The quantitative estimate of drug-likeness (QED) is 0.554. The van der Waals surface area contributed by atoms with Crippen LogP contribution in [0.5, 0.6) is 0 Å². The Morgan fingerprint density at radius 3 is 2.70 bits per heavy atom. The van der Waals surface area contributed by atoms with E-state index >= 15 is 0 Å². The van der Waals surface area contributed by atoms with Gasteiger partial charge in [-0.05, 0) is 43.5 Å². The number of hydrogen-bond donors (Lipinski definition) is 2. The van der Waals surface area contributed by atoms with Crippen molar-refractivity contribution in [1.29, 1.82) is 0 Å². The van der Waals surface area contributed by atoms with Gasteiger partial charge in [-0.25, -0.2) is 9.07 Å². The highest BCUT2D eigenvalue weighted by atomic mass is 32.2. The van der Waals surface area contributed by atoms with Gasteiger partial charge in [-0.1, -0.05) is 43.9 Å². The zero-order chi connectivity index (χ0) is 19.2. The smallest absolute Gasteiger partial charge is 0.237 e. The second-order valence-corrected chi connectivity index (χ2v) is 8.38. The van der Waals surface area contributed by atoms with E-state index in [0.717, 1.165) is 24.6 Å². The molecule has 146 valence electrons. The summed E-state index contributed by atoms with van der Waals surface area (Å²) in [6.45, 7) is 1.78. The molecule has 1 amide bonds. The monoisotopic (exact) mass is 391 g/mol. The van der Waals surface area contributed by atoms with Gasteiger partial charge >= 0.3 is 0 Å². The minimum absolute atomic E-state index is 0.196. The Hall–Kier alpha value is -2.09. The summed E-state index contributed by atoms with van der Waals surface area (Å²) < 4.78 is 14.4. The zero-order valence-electron chi connectivity index (χ0n) is 15.5. The van der Waals surface area contributed by atoms with Gasteiger partial charge in [-0.2, -0.15) is 0 Å². The standard InChI is InChI=1S/C19H26FN5OS/c1-13(18(26)22-16-10-8-15(20)9-11-16)27-19-24-23-17(25(19)21)12-7-14-5-3-2-4-6-14/h8-11,13-14H,2-7,12,21H2,1H3,(H,22,26)/t13-/m1/s1. The fourth-order valence-corrected chi connectivity index (χ4v) is 4.14. The lowest BCUT2D eigenvalue weighted by Crippen LogP contribution is -2.24. The van der Waals surface area contributed by atoms with Gasteiger partial charge in [0.2, 0.25) is 11.1 Å². The highest BCUT2D eigenvalue weighted by Crippen LogP contribution is 2.28. The van der Waals surface area contributed by atoms with Crippen LogP contribution in [0.4, 0.5) is 10.1 Å². The summed E-state index contributed by atoms with van der Waals surface area (Å²) >= 11 is 1.26. The van der Waals surface area contributed by atoms with E-state index in [1.165, 1.54) is 72.8 Å². The van der Waals surface area contributed by atoms with Crippen molar-refractivity contribution >= 4 is 23.4 Å². The van der Waals surface area contributed by atoms with Crippen molar-refractivity contribution in [2.45, 2.75) is 62.3 Å². The normalized spacial score (nSPS) is 16.2. The number of nitrogen functional groups attached to an aromatic ring is 1. The molecule has 6 nitrogen and oxygen atoms in total. The van der Waals surface area contributed by atoms with Crippen molar-refractivity contribution < 1.29 is 9.18 Å². The van der Waals surface area contributed by atoms with Crippen LogP contribution in [0.3, 0.4) is 0 Å². The van der Waals surface area contributed by atoms with Crippen LogP contribution in [-0.2, 0) is 11.2 Å². The lowest BCUT2D eigenvalue weighted by molar-refractivity contribution is -0.115. The summed E-state index contributed by atoms with van der Waals surface area (Å²) in [7, 11) is 0. The molecule has 0 aliphatic heterocycles. The van der Waals surface area contributed by atoms with Gasteiger partial charge < -0.3 is 11.2 Å². The van der Waals surface area contributed by atoms with Crippen LogP contribution < -0.4 is 11.2 Å². The molecule has 1 heterocycles. The van der Waals surface area contributed by atoms with E-state index in [-0.39, 0.29) is 11.7 Å². The number of nitrogens with one attached hydrogen (secondary N) is 1. The molecule has 1 aliphatic carbocycles. The first kappa shape index (κ1) is 19.7. The summed E-state index contributed by atoms with van der Waals surface area (Å²) in [6, 6.07) is 5.67. The third kappa shape index (κ3) is 5.45. The molecule has 1 aromatic carbocycles. The van der Waals surface area contributed by atoms with Gasteiger partial charge in [-0.15, -0.1) is 10.2 Å². The van der Waals surface area contributed by atoms with Gasteiger partial charge in [0.15, 0.2) is 5.82 Å². The van der Waals surface area contributed by atoms with E-state index in [1.54, 1.807) is 6.92 Å². The van der Waals surface area contributed by atoms with E-state index < -0.39 is 5.25 Å². The molecule has 27 heavy (non-hydrogen) atoms. The number of nitrogens with zero attached hydrogens (tertiary/aromatic N) is 3. The van der Waals surface area contributed by atoms with Crippen molar-refractivity contribution in [2.75, 3.05) is 11.2 Å². The number of thioether (sulfide) groups is 1. The Labute approximate surface area is 163 Å². The number of aromatic nitrogens is 3. The van der Waals surface area contributed by atoms with Crippen LogP contribution in [-0.4, -0.2) is 26.0 Å². The fraction of sp³-hybridized carbons (Fsp3) is 0.526. The third-order valence-corrected chi connectivity index (χ3v) is 6.06. The molecule has 0 radical (unpaired) electrons. The van der Waals surface area contributed by atoms with E-state index in [4.69, 9.17) is 5.84 Å². The summed E-state index contributed by atoms with van der Waals surface area (Å²) in [5, 5.41) is 11.2. The van der Waals surface area contributed by atoms with Crippen LogP contribution >= 0.6 is 11.8 Å². The Bertz CT molecular complexity index is 758. The Balaban J connectivity index is 1.52. The number of nitrogens with two attached hydrogens (primary N) is 1. The number of halogens is 1. The molecule has 0 spiro atoms. The fourth-order valence-electron chi connectivity index (χ4n) is 3.36. The molecule has 8 heteroatoms. The van der Waals surface area contributed by atoms with Crippen LogP contribution in [0.2, 0.25) is 0 Å². The Kier molecular flexibility index (Phi) is 6.71. The van der Waals surface area contributed by atoms with Crippen molar-refractivity contribution in [1.82, 2.24) is 14.9 Å². The van der Waals surface area contributed by atoms with Gasteiger partial charge in [0.1, 0.15) is 5.82 Å². The van der Waals surface area contributed by atoms with Crippen LogP contribution in [0.25, 0.3) is 0 Å². The summed E-state index contributed by atoms with van der Waals surface area (Å²) in [4.78, 5) is 12.3.